The zero-order valence-corrected chi connectivity index (χ0v) is 29.9. The van der Waals surface area contributed by atoms with Crippen molar-refractivity contribution < 1.29 is 92.6 Å². The third-order valence-corrected chi connectivity index (χ3v) is 12.0. The van der Waals surface area contributed by atoms with Crippen LogP contribution in [0.1, 0.15) is 51.4 Å². The van der Waals surface area contributed by atoms with Crippen LogP contribution >= 0.6 is 0 Å². The molecule has 0 spiro atoms. The lowest BCUT2D eigenvalue weighted by atomic mass is 9.12. The van der Waals surface area contributed by atoms with Crippen molar-refractivity contribution in [1.82, 2.24) is 0 Å². The van der Waals surface area contributed by atoms with Crippen LogP contribution in [-0.2, 0) is 16.6 Å². The first kappa shape index (κ1) is 45.6. The Bertz CT molecular complexity index is 1970. The van der Waals surface area contributed by atoms with Crippen LogP contribution in [0.5, 0.6) is 0 Å². The molecule has 6 rings (SSSR count). The highest BCUT2D eigenvalue weighted by molar-refractivity contribution is 7.80. The fraction of sp³-hybridized carbons (Fsp3) is 0.306. The first-order valence-corrected chi connectivity index (χ1v) is 18.1. The molecule has 4 aromatic rings. The summed E-state index contributed by atoms with van der Waals surface area (Å²) in [5.41, 5.74) is -14.3. The molecule has 0 radical (unpaired) electrons. The molecule has 0 heterocycles. The average Bonchev–Trinajstić information content (AvgIpc) is 3.74. The smallest absolute Gasteiger partial charge is 0.200 e. The van der Waals surface area contributed by atoms with Gasteiger partial charge >= 0.3 is 0 Å². The summed E-state index contributed by atoms with van der Waals surface area (Å²) in [5, 5.41) is 0.421. The molecule has 2 aliphatic rings. The largest absolute Gasteiger partial charge is 0.294 e. The maximum absolute atomic E-state index is 15.4. The molecule has 1 nitrogen and oxygen atoms in total. The van der Waals surface area contributed by atoms with E-state index < -0.39 is 144 Å². The minimum Gasteiger partial charge on any atom is -0.294 e. The molecule has 59 heavy (non-hydrogen) atoms. The summed E-state index contributed by atoms with van der Waals surface area (Å²) in [7, 11) is 0. The molecule has 0 saturated heterocycles. The molecule has 1 atom stereocenters. The molecule has 320 valence electrons. The predicted octanol–water partition coefficient (Wildman–Crippen LogP) is 8.35. The number of halogens is 20. The number of hydrogen-bond acceptors (Lipinski definition) is 1. The number of rotatable bonds is 7. The summed E-state index contributed by atoms with van der Waals surface area (Å²) in [6.07, 6.45) is 2.96. The zero-order chi connectivity index (χ0) is 44.2. The maximum atomic E-state index is 15.4. The van der Waals surface area contributed by atoms with Gasteiger partial charge in [0, 0.05) is 18.8 Å². The number of ketones is 1. The summed E-state index contributed by atoms with van der Waals surface area (Å²) in [5.74, 6) is -68.6. The van der Waals surface area contributed by atoms with Crippen molar-refractivity contribution in [2.24, 2.45) is 5.92 Å². The zero-order valence-electron chi connectivity index (χ0n) is 29.0. The Morgan fingerprint density at radius 2 is 0.593 bits per heavy atom. The third kappa shape index (κ3) is 7.42. The number of carbonyl (C=O) groups is 1. The van der Waals surface area contributed by atoms with Gasteiger partial charge in [-0.1, -0.05) is 12.8 Å². The Hall–Kier alpha value is -4.44. The Kier molecular flexibility index (Phi) is 13.4. The standard InChI is InChI=1S/C24BF20.C12H20OS/c26-5-1(6(27)14(35)21(42)13(5)34)25(2-7(28)15(36)22(43)16(37)8(2)29,3-9(30)17(38)23(44)18(39)10(3)31)4-11(32)19(40)24(45)20(41)12(4)33;13-11-7-3-4-8-12(11)14-9-10-5-1-2-6-10/h;10,12H,1-9H2/q-1;/p+1. The van der Waals surface area contributed by atoms with E-state index in [0.29, 0.717) is 11.0 Å². The van der Waals surface area contributed by atoms with Gasteiger partial charge in [0.05, 0.1) is 0 Å². The first-order valence-electron chi connectivity index (χ1n) is 17.0. The quantitative estimate of drug-likeness (QED) is 0.0456. The van der Waals surface area contributed by atoms with Crippen molar-refractivity contribution in [3.05, 3.63) is 116 Å². The SMILES string of the molecule is Fc1c(F)c(F)c([B-](c2c(F)c(F)c(F)c(F)c2F)(c2c(F)c(F)c(F)c(F)c2F)c2c(F)c(F)c(F)c(F)c2F)c(F)c1F.O=C1CCCCC1[SH+]CC1CCCC1. The van der Waals surface area contributed by atoms with Crippen LogP contribution in [0.15, 0.2) is 0 Å². The van der Waals surface area contributed by atoms with Gasteiger partial charge in [-0.3, -0.25) is 4.79 Å². The Balaban J connectivity index is 0.000000395. The summed E-state index contributed by atoms with van der Waals surface area (Å²) in [6.45, 7) is 0. The molecule has 23 heteroatoms. The highest BCUT2D eigenvalue weighted by atomic mass is 32.2. The highest BCUT2D eigenvalue weighted by Gasteiger charge is 2.52. The Morgan fingerprint density at radius 1 is 0.356 bits per heavy atom. The van der Waals surface area contributed by atoms with Gasteiger partial charge < -0.3 is 0 Å². The topological polar surface area (TPSA) is 17.1 Å². The van der Waals surface area contributed by atoms with Gasteiger partial charge in [0.1, 0.15) is 58.4 Å². The second-order valence-electron chi connectivity index (χ2n) is 13.5. The molecular formula is C36H21BF20OS. The van der Waals surface area contributed by atoms with Gasteiger partial charge in [0.2, 0.25) is 0 Å². The molecule has 2 saturated carbocycles. The number of Topliss-reactive ketones (excluding diaryl/α,β-unsaturated/α-hetero) is 1. The van der Waals surface area contributed by atoms with Crippen molar-refractivity contribution in [2.75, 3.05) is 5.75 Å². The minimum absolute atomic E-state index is 0.421. The monoisotopic (exact) mass is 892 g/mol. The molecule has 2 aliphatic carbocycles. The van der Waals surface area contributed by atoms with E-state index in [9.17, 15) is 57.5 Å². The molecule has 0 bridgehead atoms. The van der Waals surface area contributed by atoms with Gasteiger partial charge in [0.15, 0.2) is 80.8 Å². The molecule has 0 aliphatic heterocycles. The highest BCUT2D eigenvalue weighted by Crippen LogP contribution is 2.31. The van der Waals surface area contributed by atoms with E-state index >= 15 is 35.1 Å². The normalized spacial score (nSPS) is 16.2. The first-order chi connectivity index (χ1) is 27.6. The molecule has 1 unspecified atom stereocenters. The van der Waals surface area contributed by atoms with Crippen LogP contribution in [0.4, 0.5) is 87.8 Å². The molecule has 0 aromatic heterocycles. The van der Waals surface area contributed by atoms with Gasteiger partial charge in [-0.2, -0.15) is 0 Å². The lowest BCUT2D eigenvalue weighted by Crippen LogP contribution is -2.81. The fourth-order valence-corrected chi connectivity index (χ4v) is 9.12. The minimum atomic E-state index is -7.22. The Morgan fingerprint density at radius 3 is 0.847 bits per heavy atom. The van der Waals surface area contributed by atoms with E-state index in [1.807, 2.05) is 0 Å². The van der Waals surface area contributed by atoms with Crippen LogP contribution in [0, 0.1) is 122 Å². The third-order valence-electron chi connectivity index (χ3n) is 10.3. The van der Waals surface area contributed by atoms with E-state index in [-0.39, 0.29) is 0 Å². The molecule has 0 amide bonds. The number of benzene rings is 4. The van der Waals surface area contributed by atoms with Crippen LogP contribution in [0.3, 0.4) is 0 Å². The molecular weight excluding hydrogens is 871 g/mol. The lowest BCUT2D eigenvalue weighted by Gasteiger charge is -2.44. The molecule has 0 N–H and O–H groups in total. The summed E-state index contributed by atoms with van der Waals surface area (Å²) in [4.78, 5) is 11.6. The fourth-order valence-electron chi connectivity index (χ4n) is 7.50. The van der Waals surface area contributed by atoms with Crippen LogP contribution < -0.4 is 21.9 Å². The molecule has 4 aromatic carbocycles. The summed E-state index contributed by atoms with van der Waals surface area (Å²) in [6, 6.07) is 0. The number of thiol groups is 1. The van der Waals surface area contributed by atoms with Crippen molar-refractivity contribution >= 4 is 45.5 Å². The van der Waals surface area contributed by atoms with E-state index in [0.717, 1.165) is 18.8 Å². The molecule has 2 fully saturated rings. The number of carbonyl (C=O) groups excluding carboxylic acids is 1. The van der Waals surface area contributed by atoms with E-state index in [1.165, 1.54) is 56.0 Å². The van der Waals surface area contributed by atoms with Crippen LogP contribution in [0.25, 0.3) is 0 Å². The number of hydrogen-bond donors (Lipinski definition) is 0. The van der Waals surface area contributed by atoms with Gasteiger partial charge in [0.25, 0.3) is 0 Å². The van der Waals surface area contributed by atoms with Crippen molar-refractivity contribution in [3.8, 4) is 0 Å². The van der Waals surface area contributed by atoms with Gasteiger partial charge in [-0.25, -0.2) is 87.8 Å². The van der Waals surface area contributed by atoms with Gasteiger partial charge in [-0.05, 0) is 37.4 Å². The lowest BCUT2D eigenvalue weighted by molar-refractivity contribution is -0.119. The van der Waals surface area contributed by atoms with E-state index in [4.69, 9.17) is 0 Å². The van der Waals surface area contributed by atoms with Crippen molar-refractivity contribution in [2.45, 2.75) is 56.6 Å². The second-order valence-corrected chi connectivity index (χ2v) is 14.9. The van der Waals surface area contributed by atoms with E-state index in [2.05, 4.69) is 0 Å². The van der Waals surface area contributed by atoms with Crippen molar-refractivity contribution in [1.29, 1.82) is 0 Å². The maximum Gasteiger partial charge on any atom is 0.200 e. The van der Waals surface area contributed by atoms with Crippen LogP contribution in [0.2, 0.25) is 0 Å². The summed E-state index contributed by atoms with van der Waals surface area (Å²) >= 11 is 1.45. The Labute approximate surface area is 322 Å². The van der Waals surface area contributed by atoms with Crippen LogP contribution in [-0.4, -0.2) is 22.9 Å². The second kappa shape index (κ2) is 17.3. The van der Waals surface area contributed by atoms with Gasteiger partial charge in [-0.15, -0.1) is 21.9 Å². The average molecular weight is 892 g/mol. The summed E-state index contributed by atoms with van der Waals surface area (Å²) < 4.78 is 294. The van der Waals surface area contributed by atoms with E-state index in [1.54, 1.807) is 0 Å². The predicted molar refractivity (Wildman–Crippen MR) is 172 cm³/mol. The van der Waals surface area contributed by atoms with Crippen molar-refractivity contribution in [3.63, 3.8) is 0 Å².